The Morgan fingerprint density at radius 1 is 0.651 bits per heavy atom. The second kappa shape index (κ2) is 26.0. The van der Waals surface area contributed by atoms with Crippen molar-refractivity contribution in [1.82, 2.24) is 63.6 Å². The first kappa shape index (κ1) is 64.7. The number of imidazole rings is 3. The molecule has 1 aromatic carbocycles. The van der Waals surface area contributed by atoms with Crippen molar-refractivity contribution in [1.29, 1.82) is 0 Å². The van der Waals surface area contributed by atoms with Crippen LogP contribution >= 0.6 is 7.75 Å². The first-order valence-corrected chi connectivity index (χ1v) is 28.0. The van der Waals surface area contributed by atoms with E-state index in [-0.39, 0.29) is 40.4 Å². The lowest BCUT2D eigenvalue weighted by atomic mass is 9.99. The van der Waals surface area contributed by atoms with Gasteiger partial charge in [0.05, 0.1) is 59.1 Å². The number of para-hydroxylation sites is 1. The molecule has 9 N–H and O–H groups in total. The predicted octanol–water partition coefficient (Wildman–Crippen LogP) is 2.84. The molecule has 86 heavy (non-hydrogen) atoms. The largest absolute Gasteiger partial charge is 0.467 e. The molecule has 0 aliphatic carbocycles. The van der Waals surface area contributed by atoms with Gasteiger partial charge < -0.3 is 74.4 Å². The number of carbonyl (C=O) groups is 1. The molecule has 10 rings (SSSR count). The normalized spacial score (nSPS) is 28.1. The third kappa shape index (κ3) is 12.7. The summed E-state index contributed by atoms with van der Waals surface area (Å²) < 4.78 is 119. The van der Waals surface area contributed by atoms with Gasteiger partial charge in [-0.25, -0.2) is 32.7 Å². The lowest BCUT2D eigenvalue weighted by molar-refractivity contribution is -0.149. The molecular weight excluding hydrogens is 1170 g/mol. The van der Waals surface area contributed by atoms with Crippen LogP contribution in [0.4, 0.5) is 35.0 Å². The number of hydrogen-bond acceptors (Lipinski definition) is 27. The number of aromatic nitrogens is 12. The summed E-state index contributed by atoms with van der Waals surface area (Å²) in [5, 5.41) is 60.4. The second-order valence-corrected chi connectivity index (χ2v) is 22.3. The molecule has 0 radical (unpaired) electrons. The van der Waals surface area contributed by atoms with Crippen molar-refractivity contribution in [3.63, 3.8) is 0 Å². The highest BCUT2D eigenvalue weighted by Crippen LogP contribution is 2.49. The van der Waals surface area contributed by atoms with Crippen LogP contribution in [0.15, 0.2) is 49.3 Å². The molecule has 3 saturated heterocycles. The standard InChI is InChI=1S/C25H34FN6O8P.C13H18FN5O4.C12H15F2N5O3/c1-14(2)38-23(34)15(3)31-41(35,40-16-10-8-7-9-11-16)37-12-25(4)19(33)17(26)22(39-25)32-13-28-18-20(27-5)29-24(36-6)30-21(18)32;1-13(4-20)8(21)6(14)11(23-13)19-5-16-7-9(15-2)17-12(22-3)18-10(7)19;1-12(3-20)7(21)5(13)10(22-12)19-4-16-6-8(15-2)17-11(14)18-9(6)19/h7-11,13-15,17,19,22,33H,12H2,1-6H3,(H,31,35)(H,27,29,30);5-6,8,11,20-21H,4H2,1-3H3,(H,15,17,18);4-5,7,10,20-21H,3H2,1-2H3,(H,15,17,18)/t15-,17+,19-,22+,25+,41-;6-,8+,11-,13-;5-,7+,10-,12-/m011/s1. The Morgan fingerprint density at radius 3 is 1.43 bits per heavy atom. The number of rotatable bonds is 19. The summed E-state index contributed by atoms with van der Waals surface area (Å²) in [4.78, 5) is 48.8. The maximum absolute atomic E-state index is 15.6. The topological polar surface area (TPSA) is 388 Å². The quantitative estimate of drug-likeness (QED) is 0.0243. The number of esters is 1. The fourth-order valence-electron chi connectivity index (χ4n) is 9.22. The Kier molecular flexibility index (Phi) is 19.5. The van der Waals surface area contributed by atoms with E-state index in [1.165, 1.54) is 81.6 Å². The fourth-order valence-corrected chi connectivity index (χ4v) is 10.8. The lowest BCUT2D eigenvalue weighted by Crippen LogP contribution is -2.44. The molecule has 7 aromatic rings. The van der Waals surface area contributed by atoms with Crippen molar-refractivity contribution in [3.05, 3.63) is 55.4 Å². The highest BCUT2D eigenvalue weighted by atomic mass is 31.2. The molecule has 0 unspecified atom stereocenters. The Labute approximate surface area is 487 Å². The van der Waals surface area contributed by atoms with Gasteiger partial charge in [0.1, 0.15) is 46.9 Å². The molecule has 0 amide bonds. The third-order valence-electron chi connectivity index (χ3n) is 14.0. The molecule has 0 spiro atoms. The number of ether oxygens (including phenoxy) is 6. The van der Waals surface area contributed by atoms with E-state index in [9.17, 15) is 48.1 Å². The van der Waals surface area contributed by atoms with Crippen LogP contribution in [0.5, 0.6) is 17.8 Å². The second-order valence-electron chi connectivity index (χ2n) is 20.6. The van der Waals surface area contributed by atoms with Crippen LogP contribution in [0.3, 0.4) is 0 Å². The van der Waals surface area contributed by atoms with Crippen LogP contribution < -0.4 is 35.0 Å². The summed E-state index contributed by atoms with van der Waals surface area (Å²) in [7, 11) is 3.33. The smallest absolute Gasteiger partial charge is 0.459 e. The Balaban J connectivity index is 0.000000181. The van der Waals surface area contributed by atoms with Crippen LogP contribution in [0, 0.1) is 6.08 Å². The zero-order valence-electron chi connectivity index (χ0n) is 48.2. The van der Waals surface area contributed by atoms with Crippen molar-refractivity contribution in [2.75, 3.05) is 71.1 Å². The highest BCUT2D eigenvalue weighted by Gasteiger charge is 2.56. The number of nitrogens with one attached hydrogen (secondary N) is 4. The summed E-state index contributed by atoms with van der Waals surface area (Å²) in [6.07, 6.45) is -11.6. The van der Waals surface area contributed by atoms with E-state index in [2.05, 4.69) is 65.9 Å². The summed E-state index contributed by atoms with van der Waals surface area (Å²) >= 11 is 0. The molecule has 3 fully saturated rings. The van der Waals surface area contributed by atoms with E-state index in [4.69, 9.17) is 37.5 Å². The Morgan fingerprint density at radius 2 is 1.05 bits per heavy atom. The number of methoxy groups -OCH3 is 2. The number of fused-ring (bicyclic) bond motifs is 3. The highest BCUT2D eigenvalue weighted by molar-refractivity contribution is 7.52. The van der Waals surface area contributed by atoms with Crippen molar-refractivity contribution < 1.29 is 89.9 Å². The molecule has 36 heteroatoms. The van der Waals surface area contributed by atoms with Gasteiger partial charge in [0.15, 0.2) is 88.1 Å². The molecule has 6 aromatic heterocycles. The predicted molar refractivity (Wildman–Crippen MR) is 295 cm³/mol. The third-order valence-corrected chi connectivity index (χ3v) is 15.7. The monoisotopic (exact) mass is 1240 g/mol. The minimum atomic E-state index is -4.31. The number of nitrogens with zero attached hydrogens (tertiary/aromatic N) is 12. The summed E-state index contributed by atoms with van der Waals surface area (Å²) in [6, 6.07) is 7.15. The number of anilines is 3. The van der Waals surface area contributed by atoms with E-state index in [1.807, 2.05) is 0 Å². The Hall–Kier alpha value is -7.31. The summed E-state index contributed by atoms with van der Waals surface area (Å²) in [5.41, 5.74) is -3.06. The maximum Gasteiger partial charge on any atom is 0.459 e. The van der Waals surface area contributed by atoms with Gasteiger partial charge in [0.25, 0.3) is 0 Å². The van der Waals surface area contributed by atoms with E-state index in [0.29, 0.717) is 28.3 Å². The molecule has 31 nitrogen and oxygen atoms in total. The zero-order valence-corrected chi connectivity index (χ0v) is 49.1. The van der Waals surface area contributed by atoms with Crippen molar-refractivity contribution >= 4 is 64.7 Å². The van der Waals surface area contributed by atoms with Gasteiger partial charge in [0, 0.05) is 21.1 Å². The fraction of sp³-hybridized carbons (Fsp3) is 0.560. The van der Waals surface area contributed by atoms with Crippen LogP contribution in [0.25, 0.3) is 33.5 Å². The number of aliphatic hydroxyl groups is 5. The average Bonchev–Trinajstić information content (AvgIpc) is 2.03. The van der Waals surface area contributed by atoms with Crippen LogP contribution in [0.2, 0.25) is 0 Å². The molecule has 9 heterocycles. The van der Waals surface area contributed by atoms with Crippen LogP contribution in [-0.2, 0) is 32.8 Å². The van der Waals surface area contributed by atoms with Crippen molar-refractivity contribution in [2.45, 2.75) is 126 Å². The van der Waals surface area contributed by atoms with Gasteiger partial charge >= 0.3 is 31.8 Å². The number of benzene rings is 1. The number of alkyl halides is 3. The van der Waals surface area contributed by atoms with Gasteiger partial charge in [-0.2, -0.15) is 39.4 Å². The molecule has 14 atom stereocenters. The zero-order chi connectivity index (χ0) is 62.8. The van der Waals surface area contributed by atoms with Gasteiger partial charge in [0.2, 0.25) is 0 Å². The van der Waals surface area contributed by atoms with E-state index >= 15 is 4.39 Å². The molecule has 0 bridgehead atoms. The molecule has 470 valence electrons. The maximum atomic E-state index is 15.6. The first-order chi connectivity index (χ1) is 40.7. The van der Waals surface area contributed by atoms with Crippen LogP contribution in [0.1, 0.15) is 60.2 Å². The lowest BCUT2D eigenvalue weighted by Gasteiger charge is -2.30. The number of aliphatic hydroxyl groups excluding tert-OH is 5. The molecular formula is C50H67F4N16O15P. The number of carbonyl (C=O) groups excluding carboxylic acids is 1. The number of halogens is 4. The average molecular weight is 1240 g/mol. The molecule has 0 saturated carbocycles. The van der Waals surface area contributed by atoms with Gasteiger partial charge in [-0.3, -0.25) is 23.0 Å². The van der Waals surface area contributed by atoms with E-state index in [1.54, 1.807) is 58.3 Å². The van der Waals surface area contributed by atoms with Gasteiger partial charge in [-0.1, -0.05) is 18.2 Å². The van der Waals surface area contributed by atoms with E-state index in [0.717, 1.165) is 0 Å². The van der Waals surface area contributed by atoms with Crippen molar-refractivity contribution in [2.24, 2.45) is 0 Å². The first-order valence-electron chi connectivity index (χ1n) is 26.4. The minimum Gasteiger partial charge on any atom is -0.467 e. The summed E-state index contributed by atoms with van der Waals surface area (Å²) in [6.45, 7) is 7.36. The van der Waals surface area contributed by atoms with Gasteiger partial charge in [-0.15, -0.1) is 0 Å². The molecule has 3 aliphatic rings. The molecule has 3 aliphatic heterocycles. The number of hydrogen-bond donors (Lipinski definition) is 9. The van der Waals surface area contributed by atoms with E-state index < -0.39 is 124 Å². The van der Waals surface area contributed by atoms with Crippen molar-refractivity contribution in [3.8, 4) is 17.8 Å². The SMILES string of the molecule is CNc1nc(F)nc2c1ncn2[C@@H]1O[C@](C)(CO)[C@@H](O)[C@H]1F.CNc1nc(OC)nc2c1ncn2[C@@H]1O[C@](C)(CO)[C@@H](O)[C@H]1F.CNc1nc(OC)nc2c1ncn2[C@@H]1O[C@](C)(CO[P@@](=O)(N[C@@H](C)C(=O)OC(C)C)Oc2ccccc2)[C@@H](O)[C@H]1F. The van der Waals surface area contributed by atoms with Gasteiger partial charge in [-0.05, 0) is 53.7 Å². The minimum absolute atomic E-state index is 0.0128. The summed E-state index contributed by atoms with van der Waals surface area (Å²) in [5.74, 6) is 0.425. The Bertz CT molecular complexity index is 3550. The van der Waals surface area contributed by atoms with Crippen LogP contribution in [-0.4, -0.2) is 211 Å².